The third-order valence-corrected chi connectivity index (χ3v) is 11.4. The molecule has 5 nitrogen and oxygen atoms in total. The summed E-state index contributed by atoms with van der Waals surface area (Å²) in [6.07, 6.45) is 10.2. The van der Waals surface area contributed by atoms with Crippen molar-refractivity contribution in [2.24, 2.45) is 0 Å². The first-order valence-electron chi connectivity index (χ1n) is 18.2. The van der Waals surface area contributed by atoms with Crippen molar-refractivity contribution in [3.8, 4) is 28.4 Å². The van der Waals surface area contributed by atoms with Gasteiger partial charge in [0.2, 0.25) is 0 Å². The fraction of sp³-hybridized carbons (Fsp3) is 0.0204. The molecule has 0 N–H and O–H groups in total. The number of fused-ring (bicyclic) bond motifs is 14. The first-order chi connectivity index (χ1) is 26.8. The number of nitrogens with zero attached hydrogens (tertiary/aromatic N) is 3. The highest BCUT2D eigenvalue weighted by Crippen LogP contribution is 2.59. The minimum absolute atomic E-state index is 0.715. The zero-order valence-corrected chi connectivity index (χ0v) is 28.9. The smallest absolute Gasteiger partial charge is 0.137 e. The van der Waals surface area contributed by atoms with E-state index in [4.69, 9.17) is 14.1 Å². The number of rotatable bonds is 2. The van der Waals surface area contributed by atoms with E-state index in [0.717, 1.165) is 88.9 Å². The molecule has 6 aromatic carbocycles. The lowest BCUT2D eigenvalue weighted by Crippen LogP contribution is -2.35. The standard InChI is InChI=1S/C49H29N3O2/c1-3-11-38-30(9-1)16-17-31-18-19-33(32-20-21-42-36(25-32)34-22-24-50-29-43(34)52(42)48-15-7-8-23-51-48)26-40(31)49(38)39-12-4-6-14-45(39)54-47-27-37-35-10-2-5-13-44(35)53-46(37)28-41(47)49/h1-29H. The maximum atomic E-state index is 6.87. The molecule has 5 heteroatoms. The average molecular weight is 692 g/mol. The Morgan fingerprint density at radius 3 is 2.20 bits per heavy atom. The maximum Gasteiger partial charge on any atom is 0.137 e. The summed E-state index contributed by atoms with van der Waals surface area (Å²) in [7, 11) is 0. The van der Waals surface area contributed by atoms with Crippen LogP contribution in [0.1, 0.15) is 33.4 Å². The Labute approximate surface area is 310 Å². The van der Waals surface area contributed by atoms with Crippen LogP contribution in [-0.2, 0) is 5.41 Å². The van der Waals surface area contributed by atoms with Gasteiger partial charge in [-0.1, -0.05) is 97.1 Å². The first kappa shape index (κ1) is 29.3. The van der Waals surface area contributed by atoms with Crippen LogP contribution in [0.25, 0.3) is 72.8 Å². The van der Waals surface area contributed by atoms with E-state index >= 15 is 0 Å². The summed E-state index contributed by atoms with van der Waals surface area (Å²) in [5.74, 6) is 2.55. The molecule has 12 rings (SSSR count). The predicted octanol–water partition coefficient (Wildman–Crippen LogP) is 12.1. The van der Waals surface area contributed by atoms with Gasteiger partial charge in [-0.3, -0.25) is 9.55 Å². The minimum Gasteiger partial charge on any atom is -0.457 e. The van der Waals surface area contributed by atoms with Gasteiger partial charge in [-0.25, -0.2) is 4.98 Å². The van der Waals surface area contributed by atoms with Crippen molar-refractivity contribution in [2.45, 2.75) is 5.41 Å². The summed E-state index contributed by atoms with van der Waals surface area (Å²) < 4.78 is 15.6. The Hall–Kier alpha value is -7.24. The van der Waals surface area contributed by atoms with Crippen molar-refractivity contribution >= 4 is 55.9 Å². The van der Waals surface area contributed by atoms with Crippen LogP contribution in [0.2, 0.25) is 0 Å². The summed E-state index contributed by atoms with van der Waals surface area (Å²) in [4.78, 5) is 9.20. The van der Waals surface area contributed by atoms with Gasteiger partial charge in [-0.2, -0.15) is 0 Å². The zero-order chi connectivity index (χ0) is 35.4. The SMILES string of the molecule is C1=Cc2ccc(-c3ccc4c(c3)c3ccncc3n4-c3ccccn3)cc2C2(c3ccccc31)c1ccccc1Oc1cc3c(cc12)oc1ccccc13. The molecule has 1 aliphatic heterocycles. The zero-order valence-electron chi connectivity index (χ0n) is 28.9. The topological polar surface area (TPSA) is 53.1 Å². The lowest BCUT2D eigenvalue weighted by Gasteiger charge is -2.42. The Morgan fingerprint density at radius 2 is 1.28 bits per heavy atom. The van der Waals surface area contributed by atoms with Crippen molar-refractivity contribution in [1.29, 1.82) is 0 Å². The average Bonchev–Trinajstić information content (AvgIpc) is 3.72. The third kappa shape index (κ3) is 3.93. The molecular formula is C49H29N3O2. The molecule has 10 aromatic rings. The van der Waals surface area contributed by atoms with Crippen LogP contribution in [-0.4, -0.2) is 14.5 Å². The van der Waals surface area contributed by atoms with E-state index in [2.05, 4.69) is 137 Å². The molecule has 0 amide bonds. The van der Waals surface area contributed by atoms with Gasteiger partial charge in [-0.05, 0) is 94.0 Å². The highest BCUT2D eigenvalue weighted by molar-refractivity contribution is 6.10. The summed E-state index contributed by atoms with van der Waals surface area (Å²) in [5, 5.41) is 4.41. The molecule has 4 aromatic heterocycles. The molecule has 1 aliphatic carbocycles. The quantitative estimate of drug-likeness (QED) is 0.181. The van der Waals surface area contributed by atoms with Crippen molar-refractivity contribution < 1.29 is 9.15 Å². The summed E-state index contributed by atoms with van der Waals surface area (Å²) in [5.41, 5.74) is 12.2. The number of para-hydroxylation sites is 2. The van der Waals surface area contributed by atoms with Gasteiger partial charge >= 0.3 is 0 Å². The van der Waals surface area contributed by atoms with Crippen molar-refractivity contribution in [2.75, 3.05) is 0 Å². The van der Waals surface area contributed by atoms with Crippen molar-refractivity contribution in [3.05, 3.63) is 198 Å². The molecule has 54 heavy (non-hydrogen) atoms. The molecule has 2 aliphatic rings. The number of ether oxygens (including phenoxy) is 1. The maximum absolute atomic E-state index is 6.87. The Balaban J connectivity index is 1.16. The molecule has 1 unspecified atom stereocenters. The molecule has 0 bridgehead atoms. The van der Waals surface area contributed by atoms with Gasteiger partial charge in [0.05, 0.1) is 22.6 Å². The Bertz CT molecular complexity index is 3210. The van der Waals surface area contributed by atoms with Crippen LogP contribution in [0.4, 0.5) is 0 Å². The molecule has 1 atom stereocenters. The van der Waals surface area contributed by atoms with Crippen molar-refractivity contribution in [3.63, 3.8) is 0 Å². The third-order valence-electron chi connectivity index (χ3n) is 11.4. The molecular weight excluding hydrogens is 663 g/mol. The molecule has 1 spiro atoms. The molecule has 5 heterocycles. The van der Waals surface area contributed by atoms with E-state index in [1.165, 1.54) is 16.7 Å². The van der Waals surface area contributed by atoms with Gasteiger partial charge in [0.25, 0.3) is 0 Å². The predicted molar refractivity (Wildman–Crippen MR) is 216 cm³/mol. The van der Waals surface area contributed by atoms with E-state index in [1.807, 2.05) is 48.9 Å². The fourth-order valence-corrected chi connectivity index (χ4v) is 9.13. The molecule has 0 radical (unpaired) electrons. The van der Waals surface area contributed by atoms with E-state index in [1.54, 1.807) is 0 Å². The first-order valence-corrected chi connectivity index (χ1v) is 18.2. The highest BCUT2D eigenvalue weighted by atomic mass is 16.5. The van der Waals surface area contributed by atoms with Gasteiger partial charge in [0.15, 0.2) is 0 Å². The van der Waals surface area contributed by atoms with Gasteiger partial charge < -0.3 is 9.15 Å². The Kier molecular flexibility index (Phi) is 5.92. The van der Waals surface area contributed by atoms with Crippen LogP contribution in [0, 0.1) is 0 Å². The van der Waals surface area contributed by atoms with E-state index in [0.29, 0.717) is 0 Å². The number of hydrogen-bond donors (Lipinski definition) is 0. The molecule has 0 saturated carbocycles. The lowest BCUT2D eigenvalue weighted by molar-refractivity contribution is 0.435. The monoisotopic (exact) mass is 691 g/mol. The van der Waals surface area contributed by atoms with Gasteiger partial charge in [0, 0.05) is 45.1 Å². The van der Waals surface area contributed by atoms with Crippen LogP contribution < -0.4 is 4.74 Å². The van der Waals surface area contributed by atoms with E-state index < -0.39 is 5.41 Å². The summed E-state index contributed by atoms with van der Waals surface area (Å²) >= 11 is 0. The summed E-state index contributed by atoms with van der Waals surface area (Å²) in [6.45, 7) is 0. The summed E-state index contributed by atoms with van der Waals surface area (Å²) in [6, 6.07) is 51.7. The largest absolute Gasteiger partial charge is 0.457 e. The highest BCUT2D eigenvalue weighted by Gasteiger charge is 2.48. The second kappa shape index (κ2) is 10.9. The van der Waals surface area contributed by atoms with E-state index in [9.17, 15) is 0 Å². The second-order valence-electron chi connectivity index (χ2n) is 14.2. The van der Waals surface area contributed by atoms with Crippen LogP contribution in [0.15, 0.2) is 169 Å². The van der Waals surface area contributed by atoms with E-state index in [-0.39, 0.29) is 0 Å². The minimum atomic E-state index is -0.715. The van der Waals surface area contributed by atoms with Crippen LogP contribution in [0.3, 0.4) is 0 Å². The second-order valence-corrected chi connectivity index (χ2v) is 14.2. The molecule has 0 fully saturated rings. The molecule has 0 saturated heterocycles. The number of benzene rings is 6. The molecule has 252 valence electrons. The number of furan rings is 1. The van der Waals surface area contributed by atoms with Crippen LogP contribution in [0.5, 0.6) is 11.5 Å². The fourth-order valence-electron chi connectivity index (χ4n) is 9.13. The van der Waals surface area contributed by atoms with Gasteiger partial charge in [-0.15, -0.1) is 0 Å². The Morgan fingerprint density at radius 1 is 0.481 bits per heavy atom. The van der Waals surface area contributed by atoms with Crippen molar-refractivity contribution in [1.82, 2.24) is 14.5 Å². The van der Waals surface area contributed by atoms with Crippen LogP contribution >= 0.6 is 0 Å². The van der Waals surface area contributed by atoms with Gasteiger partial charge in [0.1, 0.15) is 28.5 Å². The number of pyridine rings is 2. The lowest BCUT2D eigenvalue weighted by atomic mass is 9.62. The normalized spacial score (nSPS) is 15.6. The number of aromatic nitrogens is 3. The number of hydrogen-bond acceptors (Lipinski definition) is 4.